The molecule has 3 fully saturated rings. The number of methoxy groups -OCH3 is 1. The van der Waals surface area contributed by atoms with Gasteiger partial charge in [0, 0.05) is 44.4 Å². The predicted molar refractivity (Wildman–Crippen MR) is 168 cm³/mol. The first-order valence-corrected chi connectivity index (χ1v) is 15.7. The van der Waals surface area contributed by atoms with Crippen LogP contribution >= 0.6 is 0 Å². The standard InChI is InChI=1S/C34H46N4O6/c1-33(2,3)44-32(41)36-20-15-34(16-21-36)13-18-35(19-14-34)22-23-43-29-7-5-6-27(24-29)37-17-12-30(39)38(31(37)40)25-26-8-10-28(42-4)11-9-26/h5-11,24H,12-23,25H2,1-4H3. The van der Waals surface area contributed by atoms with E-state index in [4.69, 9.17) is 14.2 Å². The molecule has 0 radical (unpaired) electrons. The molecule has 44 heavy (non-hydrogen) atoms. The Hall–Kier alpha value is -3.79. The maximum atomic E-state index is 13.4. The van der Waals surface area contributed by atoms with E-state index in [1.54, 1.807) is 12.0 Å². The van der Waals surface area contributed by atoms with Crippen molar-refractivity contribution in [3.63, 3.8) is 0 Å². The maximum Gasteiger partial charge on any atom is 0.410 e. The zero-order valence-electron chi connectivity index (χ0n) is 26.5. The first kappa shape index (κ1) is 31.6. The van der Waals surface area contributed by atoms with E-state index >= 15 is 0 Å². The molecule has 0 saturated carbocycles. The smallest absolute Gasteiger partial charge is 0.410 e. The summed E-state index contributed by atoms with van der Waals surface area (Å²) < 4.78 is 16.9. The van der Waals surface area contributed by atoms with Crippen LogP contribution in [0.3, 0.4) is 0 Å². The van der Waals surface area contributed by atoms with Gasteiger partial charge in [-0.2, -0.15) is 0 Å². The van der Waals surface area contributed by atoms with Crippen LogP contribution in [0.15, 0.2) is 48.5 Å². The highest BCUT2D eigenvalue weighted by Gasteiger charge is 2.39. The Morgan fingerprint density at radius 1 is 0.886 bits per heavy atom. The van der Waals surface area contributed by atoms with E-state index in [-0.39, 0.29) is 31.0 Å². The number of benzene rings is 2. The summed E-state index contributed by atoms with van der Waals surface area (Å²) >= 11 is 0. The third kappa shape index (κ3) is 7.83. The normalized spacial score (nSPS) is 19.3. The first-order valence-electron chi connectivity index (χ1n) is 15.7. The number of carbonyl (C=O) groups excluding carboxylic acids is 3. The van der Waals surface area contributed by atoms with Gasteiger partial charge in [-0.25, -0.2) is 9.59 Å². The van der Waals surface area contributed by atoms with E-state index in [2.05, 4.69) is 4.90 Å². The number of carbonyl (C=O) groups is 3. The van der Waals surface area contributed by atoms with Crippen LogP contribution in [0.2, 0.25) is 0 Å². The molecule has 0 atom stereocenters. The topological polar surface area (TPSA) is 91.9 Å². The van der Waals surface area contributed by atoms with Gasteiger partial charge >= 0.3 is 12.1 Å². The van der Waals surface area contributed by atoms with Crippen molar-refractivity contribution in [2.75, 3.05) is 57.9 Å². The number of piperidine rings is 2. The highest BCUT2D eigenvalue weighted by Crippen LogP contribution is 2.41. The number of amides is 4. The summed E-state index contributed by atoms with van der Waals surface area (Å²) in [5.74, 6) is 1.26. The van der Waals surface area contributed by atoms with Crippen molar-refractivity contribution in [1.82, 2.24) is 14.7 Å². The Balaban J connectivity index is 1.08. The highest BCUT2D eigenvalue weighted by molar-refractivity contribution is 6.05. The molecule has 0 aliphatic carbocycles. The second-order valence-corrected chi connectivity index (χ2v) is 13.2. The summed E-state index contributed by atoms with van der Waals surface area (Å²) in [5, 5.41) is 0. The molecule has 2 aromatic carbocycles. The van der Waals surface area contributed by atoms with E-state index in [9.17, 15) is 14.4 Å². The molecule has 3 heterocycles. The van der Waals surface area contributed by atoms with E-state index in [0.717, 1.165) is 75.4 Å². The Labute approximate surface area is 260 Å². The Morgan fingerprint density at radius 3 is 2.23 bits per heavy atom. The van der Waals surface area contributed by atoms with Gasteiger partial charge in [0.15, 0.2) is 0 Å². The SMILES string of the molecule is COc1ccc(CN2C(=O)CCN(c3cccc(OCCN4CCC5(CC4)CCN(C(=O)OC(C)(C)C)CC5)c3)C2=O)cc1. The quantitative estimate of drug-likeness (QED) is 0.389. The van der Waals surface area contributed by atoms with Crippen molar-refractivity contribution < 1.29 is 28.6 Å². The lowest BCUT2D eigenvalue weighted by molar-refractivity contribution is -0.129. The third-order valence-corrected chi connectivity index (χ3v) is 9.01. The van der Waals surface area contributed by atoms with Crippen LogP contribution in [0.4, 0.5) is 15.3 Å². The van der Waals surface area contributed by atoms with Gasteiger partial charge in [0.25, 0.3) is 0 Å². The summed E-state index contributed by atoms with van der Waals surface area (Å²) in [6, 6.07) is 14.6. The average Bonchev–Trinajstić information content (AvgIpc) is 3.00. The molecule has 0 N–H and O–H groups in total. The number of hydrogen-bond acceptors (Lipinski definition) is 7. The number of likely N-dealkylation sites (tertiary alicyclic amines) is 2. The van der Waals surface area contributed by atoms with Crippen LogP contribution in [0.1, 0.15) is 58.4 Å². The fourth-order valence-corrected chi connectivity index (χ4v) is 6.27. The van der Waals surface area contributed by atoms with Crippen LogP contribution in [0, 0.1) is 5.41 Å². The van der Waals surface area contributed by atoms with E-state index in [1.165, 1.54) is 4.90 Å². The molecular weight excluding hydrogens is 560 g/mol. The van der Waals surface area contributed by atoms with Gasteiger partial charge in [0.1, 0.15) is 23.7 Å². The molecule has 238 valence electrons. The number of anilines is 1. The molecular formula is C34H46N4O6. The molecule has 4 amide bonds. The summed E-state index contributed by atoms with van der Waals surface area (Å²) in [7, 11) is 1.60. The number of hydrogen-bond donors (Lipinski definition) is 0. The largest absolute Gasteiger partial charge is 0.497 e. The minimum absolute atomic E-state index is 0.175. The van der Waals surface area contributed by atoms with Crippen LogP contribution in [0.25, 0.3) is 0 Å². The van der Waals surface area contributed by atoms with Gasteiger partial charge in [-0.15, -0.1) is 0 Å². The minimum atomic E-state index is -0.466. The van der Waals surface area contributed by atoms with Gasteiger partial charge in [-0.3, -0.25) is 19.5 Å². The third-order valence-electron chi connectivity index (χ3n) is 9.01. The molecule has 0 aromatic heterocycles. The van der Waals surface area contributed by atoms with Gasteiger partial charge in [0.2, 0.25) is 5.91 Å². The average molecular weight is 607 g/mol. The molecule has 0 unspecified atom stereocenters. The lowest BCUT2D eigenvalue weighted by Gasteiger charge is -2.46. The summed E-state index contributed by atoms with van der Waals surface area (Å²) in [4.78, 5) is 45.7. The van der Waals surface area contributed by atoms with Crippen LogP contribution in [-0.4, -0.2) is 91.3 Å². The van der Waals surface area contributed by atoms with E-state index in [0.29, 0.717) is 24.3 Å². The van der Waals surface area contributed by atoms with Gasteiger partial charge in [-0.1, -0.05) is 18.2 Å². The van der Waals surface area contributed by atoms with Crippen LogP contribution in [0.5, 0.6) is 11.5 Å². The van der Waals surface area contributed by atoms with Crippen molar-refractivity contribution in [3.8, 4) is 11.5 Å². The molecule has 2 aromatic rings. The highest BCUT2D eigenvalue weighted by atomic mass is 16.6. The van der Waals surface area contributed by atoms with Crippen molar-refractivity contribution in [3.05, 3.63) is 54.1 Å². The van der Waals surface area contributed by atoms with Crippen LogP contribution in [-0.2, 0) is 16.1 Å². The molecule has 1 spiro atoms. The lowest BCUT2D eigenvalue weighted by Crippen LogP contribution is -2.52. The van der Waals surface area contributed by atoms with Crippen molar-refractivity contribution in [1.29, 1.82) is 0 Å². The molecule has 3 aliphatic heterocycles. The lowest BCUT2D eigenvalue weighted by atomic mass is 9.71. The maximum absolute atomic E-state index is 13.4. The minimum Gasteiger partial charge on any atom is -0.497 e. The summed E-state index contributed by atoms with van der Waals surface area (Å²) in [6.07, 6.45) is 4.39. The molecule has 5 rings (SSSR count). The Bertz CT molecular complexity index is 1310. The number of ether oxygens (including phenoxy) is 3. The molecule has 0 bridgehead atoms. The van der Waals surface area contributed by atoms with Crippen molar-refractivity contribution >= 4 is 23.7 Å². The number of nitrogens with zero attached hydrogens (tertiary/aromatic N) is 4. The summed E-state index contributed by atoms with van der Waals surface area (Å²) in [6.45, 7) is 11.2. The number of rotatable bonds is 8. The molecule has 3 saturated heterocycles. The fraction of sp³-hybridized carbons (Fsp3) is 0.559. The summed E-state index contributed by atoms with van der Waals surface area (Å²) in [5.41, 5.74) is 1.43. The van der Waals surface area contributed by atoms with E-state index in [1.807, 2.05) is 74.2 Å². The second-order valence-electron chi connectivity index (χ2n) is 13.2. The Kier molecular flexibility index (Phi) is 9.68. The van der Waals surface area contributed by atoms with Gasteiger partial charge < -0.3 is 19.1 Å². The number of imide groups is 1. The Morgan fingerprint density at radius 2 is 1.57 bits per heavy atom. The fourth-order valence-electron chi connectivity index (χ4n) is 6.27. The van der Waals surface area contributed by atoms with Crippen molar-refractivity contribution in [2.24, 2.45) is 5.41 Å². The predicted octanol–water partition coefficient (Wildman–Crippen LogP) is 5.55. The molecule has 10 nitrogen and oxygen atoms in total. The monoisotopic (exact) mass is 606 g/mol. The zero-order valence-corrected chi connectivity index (χ0v) is 26.5. The zero-order chi connectivity index (χ0) is 31.3. The second kappa shape index (κ2) is 13.5. The number of urea groups is 1. The van der Waals surface area contributed by atoms with Gasteiger partial charge in [0.05, 0.1) is 13.7 Å². The van der Waals surface area contributed by atoms with Crippen LogP contribution < -0.4 is 14.4 Å². The molecule has 10 heteroatoms. The first-order chi connectivity index (χ1) is 21.0. The van der Waals surface area contributed by atoms with Gasteiger partial charge in [-0.05, 0) is 94.8 Å². The van der Waals surface area contributed by atoms with E-state index < -0.39 is 5.60 Å². The van der Waals surface area contributed by atoms with Crippen molar-refractivity contribution in [2.45, 2.75) is 65.0 Å². The molecule has 3 aliphatic rings.